The third-order valence-corrected chi connectivity index (χ3v) is 5.57. The second kappa shape index (κ2) is 7.43. The van der Waals surface area contributed by atoms with Crippen molar-refractivity contribution in [3.05, 3.63) is 97.1 Å². The largest absolute Gasteiger partial charge is 0.376 e. The zero-order chi connectivity index (χ0) is 18.7. The third kappa shape index (κ3) is 3.91. The van der Waals surface area contributed by atoms with E-state index in [0.29, 0.717) is 13.2 Å². The molecule has 0 amide bonds. The quantitative estimate of drug-likeness (QED) is 0.471. The lowest BCUT2D eigenvalue weighted by molar-refractivity contribution is 0.101. The van der Waals surface area contributed by atoms with Gasteiger partial charge < -0.3 is 14.2 Å². The monoisotopic (exact) mass is 362 g/mol. The van der Waals surface area contributed by atoms with Crippen molar-refractivity contribution in [1.82, 2.24) is 0 Å². The summed E-state index contributed by atoms with van der Waals surface area (Å²) in [7, 11) is 0. The van der Waals surface area contributed by atoms with Crippen LogP contribution in [0.15, 0.2) is 86.0 Å². The van der Waals surface area contributed by atoms with E-state index in [-0.39, 0.29) is 23.4 Å². The summed E-state index contributed by atoms with van der Waals surface area (Å²) >= 11 is 0. The van der Waals surface area contributed by atoms with Crippen LogP contribution in [0.1, 0.15) is 11.1 Å². The molecule has 2 aliphatic heterocycles. The van der Waals surface area contributed by atoms with Gasteiger partial charge in [-0.25, -0.2) is 0 Å². The predicted molar refractivity (Wildman–Crippen MR) is 107 cm³/mol. The van der Waals surface area contributed by atoms with Crippen LogP contribution in [0.3, 0.4) is 0 Å². The standard InChI is InChI=1S/C24H26O3/c1-3-23(15-19-11-7-5-8-12-19)21(26-23)17-25-18-22-24(4-2,27-22)16-20-13-9-6-10-14-20/h3-14,21-22H,1-2,15-18H2. The van der Waals surface area contributed by atoms with Crippen molar-refractivity contribution < 1.29 is 14.2 Å². The molecule has 3 nitrogen and oxygen atoms in total. The molecule has 2 aromatic carbocycles. The molecule has 140 valence electrons. The van der Waals surface area contributed by atoms with Gasteiger partial charge in [0.1, 0.15) is 23.4 Å². The first-order chi connectivity index (χ1) is 13.2. The Balaban J connectivity index is 1.25. The Labute approximate surface area is 161 Å². The maximum Gasteiger partial charge on any atom is 0.119 e. The van der Waals surface area contributed by atoms with Crippen LogP contribution in [0.25, 0.3) is 0 Å². The molecule has 4 rings (SSSR count). The van der Waals surface area contributed by atoms with Crippen molar-refractivity contribution in [2.45, 2.75) is 36.3 Å². The number of hydrogen-bond donors (Lipinski definition) is 0. The molecule has 2 fully saturated rings. The highest BCUT2D eigenvalue weighted by Gasteiger charge is 2.56. The fraction of sp³-hybridized carbons (Fsp3) is 0.333. The average Bonchev–Trinajstić information content (AvgIpc) is 3.60. The summed E-state index contributed by atoms with van der Waals surface area (Å²) in [6.45, 7) is 9.03. The van der Waals surface area contributed by atoms with Gasteiger partial charge in [0.05, 0.1) is 13.2 Å². The van der Waals surface area contributed by atoms with E-state index in [4.69, 9.17) is 14.2 Å². The van der Waals surface area contributed by atoms with Gasteiger partial charge >= 0.3 is 0 Å². The van der Waals surface area contributed by atoms with Gasteiger partial charge in [-0.2, -0.15) is 0 Å². The van der Waals surface area contributed by atoms with E-state index >= 15 is 0 Å². The van der Waals surface area contributed by atoms with E-state index in [9.17, 15) is 0 Å². The van der Waals surface area contributed by atoms with Crippen LogP contribution >= 0.6 is 0 Å². The maximum absolute atomic E-state index is 5.93. The minimum Gasteiger partial charge on any atom is -0.376 e. The lowest BCUT2D eigenvalue weighted by atomic mass is 9.95. The van der Waals surface area contributed by atoms with Gasteiger partial charge in [0.15, 0.2) is 0 Å². The summed E-state index contributed by atoms with van der Waals surface area (Å²) in [6.07, 6.45) is 5.59. The molecular formula is C24H26O3. The molecule has 2 heterocycles. The Morgan fingerprint density at radius 3 is 1.52 bits per heavy atom. The van der Waals surface area contributed by atoms with Crippen molar-refractivity contribution in [2.75, 3.05) is 13.2 Å². The third-order valence-electron chi connectivity index (χ3n) is 5.57. The summed E-state index contributed by atoms with van der Waals surface area (Å²) < 4.78 is 17.8. The van der Waals surface area contributed by atoms with Gasteiger partial charge in [-0.3, -0.25) is 0 Å². The molecule has 0 spiro atoms. The van der Waals surface area contributed by atoms with Gasteiger partial charge in [-0.1, -0.05) is 72.8 Å². The number of benzene rings is 2. The van der Waals surface area contributed by atoms with Crippen LogP contribution in [0.5, 0.6) is 0 Å². The van der Waals surface area contributed by atoms with Crippen LogP contribution in [0, 0.1) is 0 Å². The molecule has 0 aliphatic carbocycles. The predicted octanol–water partition coefficient (Wildman–Crippen LogP) is 4.14. The molecule has 4 unspecified atom stereocenters. The first-order valence-corrected chi connectivity index (χ1v) is 9.48. The summed E-state index contributed by atoms with van der Waals surface area (Å²) in [5.74, 6) is 0. The van der Waals surface area contributed by atoms with Crippen LogP contribution < -0.4 is 0 Å². The van der Waals surface area contributed by atoms with Gasteiger partial charge in [0.25, 0.3) is 0 Å². The topological polar surface area (TPSA) is 34.3 Å². The van der Waals surface area contributed by atoms with Crippen LogP contribution in [0.4, 0.5) is 0 Å². The second-order valence-corrected chi connectivity index (χ2v) is 7.39. The van der Waals surface area contributed by atoms with Crippen molar-refractivity contribution in [2.24, 2.45) is 0 Å². The fourth-order valence-corrected chi connectivity index (χ4v) is 3.74. The SMILES string of the molecule is C=CC1(Cc2ccccc2)OC1COCC1OC1(C=C)Cc1ccccc1. The molecule has 0 radical (unpaired) electrons. The number of hydrogen-bond acceptors (Lipinski definition) is 3. The van der Waals surface area contributed by atoms with Crippen molar-refractivity contribution in [3.8, 4) is 0 Å². The van der Waals surface area contributed by atoms with E-state index in [0.717, 1.165) is 12.8 Å². The van der Waals surface area contributed by atoms with E-state index in [1.54, 1.807) is 0 Å². The van der Waals surface area contributed by atoms with Crippen molar-refractivity contribution in [3.63, 3.8) is 0 Å². The number of epoxide rings is 2. The zero-order valence-electron chi connectivity index (χ0n) is 15.6. The molecule has 0 N–H and O–H groups in total. The Morgan fingerprint density at radius 1 is 0.741 bits per heavy atom. The fourth-order valence-electron chi connectivity index (χ4n) is 3.74. The number of rotatable bonds is 10. The minimum absolute atomic E-state index is 0.0567. The van der Waals surface area contributed by atoms with E-state index in [1.165, 1.54) is 11.1 Å². The van der Waals surface area contributed by atoms with Gasteiger partial charge in [-0.05, 0) is 11.1 Å². The molecule has 3 heteroatoms. The molecule has 0 saturated carbocycles. The molecule has 2 saturated heterocycles. The average molecular weight is 362 g/mol. The minimum atomic E-state index is -0.300. The molecule has 2 aliphatic rings. The Kier molecular flexibility index (Phi) is 5.00. The Bertz CT molecular complexity index is 720. The van der Waals surface area contributed by atoms with Crippen LogP contribution in [0.2, 0.25) is 0 Å². The molecule has 27 heavy (non-hydrogen) atoms. The smallest absolute Gasteiger partial charge is 0.119 e. The molecular weight excluding hydrogens is 336 g/mol. The van der Waals surface area contributed by atoms with E-state index in [1.807, 2.05) is 48.6 Å². The lowest BCUT2D eigenvalue weighted by Crippen LogP contribution is -2.22. The van der Waals surface area contributed by atoms with Gasteiger partial charge in [-0.15, -0.1) is 13.2 Å². The zero-order valence-corrected chi connectivity index (χ0v) is 15.6. The van der Waals surface area contributed by atoms with Crippen molar-refractivity contribution >= 4 is 0 Å². The van der Waals surface area contributed by atoms with Gasteiger partial charge in [0, 0.05) is 12.8 Å². The van der Waals surface area contributed by atoms with Gasteiger partial charge in [0.2, 0.25) is 0 Å². The highest BCUT2D eigenvalue weighted by molar-refractivity contribution is 5.26. The molecule has 0 aromatic heterocycles. The summed E-state index contributed by atoms with van der Waals surface area (Å²) in [5.41, 5.74) is 1.90. The molecule has 4 atom stereocenters. The second-order valence-electron chi connectivity index (χ2n) is 7.39. The summed E-state index contributed by atoms with van der Waals surface area (Å²) in [4.78, 5) is 0. The van der Waals surface area contributed by atoms with Crippen LogP contribution in [-0.2, 0) is 27.1 Å². The van der Waals surface area contributed by atoms with E-state index in [2.05, 4.69) is 37.4 Å². The Hall–Kier alpha value is -2.20. The summed E-state index contributed by atoms with van der Waals surface area (Å²) in [6, 6.07) is 20.7. The first kappa shape index (κ1) is 18.2. The van der Waals surface area contributed by atoms with Crippen molar-refractivity contribution in [1.29, 1.82) is 0 Å². The Morgan fingerprint density at radius 2 is 1.15 bits per heavy atom. The maximum atomic E-state index is 5.93. The summed E-state index contributed by atoms with van der Waals surface area (Å²) in [5, 5.41) is 0. The number of ether oxygens (including phenoxy) is 3. The van der Waals surface area contributed by atoms with E-state index < -0.39 is 0 Å². The molecule has 0 bridgehead atoms. The lowest BCUT2D eigenvalue weighted by Gasteiger charge is -2.09. The normalized spacial score (nSPS) is 31.3. The van der Waals surface area contributed by atoms with Crippen LogP contribution in [-0.4, -0.2) is 36.6 Å². The highest BCUT2D eigenvalue weighted by Crippen LogP contribution is 2.43. The first-order valence-electron chi connectivity index (χ1n) is 9.48. The molecule has 2 aromatic rings. The highest BCUT2D eigenvalue weighted by atomic mass is 16.7.